The minimum atomic E-state index is -0.0592. The van der Waals surface area contributed by atoms with E-state index in [1.807, 2.05) is 13.1 Å². The number of hydrogen-bond donors (Lipinski definition) is 1. The highest BCUT2D eigenvalue weighted by molar-refractivity contribution is 5.81. The summed E-state index contributed by atoms with van der Waals surface area (Å²) in [4.78, 5) is 21.4. The molecule has 1 aromatic heterocycles. The number of rotatable bonds is 4. The molecule has 1 saturated heterocycles. The van der Waals surface area contributed by atoms with Gasteiger partial charge >= 0.3 is 0 Å². The molecule has 1 aliphatic heterocycles. The molecule has 2 aliphatic rings. The Kier molecular flexibility index (Phi) is 4.74. The van der Waals surface area contributed by atoms with Crippen molar-refractivity contribution in [2.45, 2.75) is 38.8 Å². The highest BCUT2D eigenvalue weighted by Gasteiger charge is 2.24. The number of likely N-dealkylation sites (N-methyl/N-ethyl adjacent to an activating group) is 1. The van der Waals surface area contributed by atoms with Gasteiger partial charge in [0.05, 0.1) is 6.04 Å². The van der Waals surface area contributed by atoms with Crippen LogP contribution in [-0.2, 0) is 24.2 Å². The summed E-state index contributed by atoms with van der Waals surface area (Å²) in [5, 5.41) is 3.06. The van der Waals surface area contributed by atoms with Crippen LogP contribution in [0.2, 0.25) is 0 Å². The van der Waals surface area contributed by atoms with Gasteiger partial charge in [-0.25, -0.2) is 0 Å². The molecule has 2 heterocycles. The van der Waals surface area contributed by atoms with E-state index in [0.29, 0.717) is 6.54 Å². The molecule has 0 spiro atoms. The van der Waals surface area contributed by atoms with Crippen molar-refractivity contribution < 1.29 is 4.79 Å². The second-order valence-electron chi connectivity index (χ2n) is 6.54. The van der Waals surface area contributed by atoms with Gasteiger partial charge in [0.25, 0.3) is 0 Å². The van der Waals surface area contributed by atoms with Gasteiger partial charge in [0.15, 0.2) is 0 Å². The van der Waals surface area contributed by atoms with Crippen LogP contribution in [0, 0.1) is 0 Å². The number of hydrogen-bond acceptors (Lipinski definition) is 4. The summed E-state index contributed by atoms with van der Waals surface area (Å²) in [7, 11) is 2.13. The summed E-state index contributed by atoms with van der Waals surface area (Å²) < 4.78 is 0. The van der Waals surface area contributed by atoms with Crippen molar-refractivity contribution in [2.75, 3.05) is 33.2 Å². The Morgan fingerprint density at radius 2 is 2.09 bits per heavy atom. The minimum Gasteiger partial charge on any atom is -0.351 e. The number of aromatic nitrogens is 1. The van der Waals surface area contributed by atoms with Crippen LogP contribution in [0.25, 0.3) is 0 Å². The number of carbonyl (C=O) groups excluding carboxylic acids is 1. The molecule has 5 heteroatoms. The second-order valence-corrected chi connectivity index (χ2v) is 6.54. The number of amides is 1. The van der Waals surface area contributed by atoms with Gasteiger partial charge in [0.2, 0.25) is 5.91 Å². The highest BCUT2D eigenvalue weighted by Crippen LogP contribution is 2.20. The van der Waals surface area contributed by atoms with Gasteiger partial charge in [0, 0.05) is 44.6 Å². The molecule has 0 radical (unpaired) electrons. The average molecular weight is 302 g/mol. The fraction of sp³-hybridized carbons (Fsp3) is 0.647. The number of nitrogens with one attached hydrogen (secondary N) is 1. The Balaban J connectivity index is 1.51. The number of carbonyl (C=O) groups is 1. The van der Waals surface area contributed by atoms with Gasteiger partial charge in [-0.1, -0.05) is 6.07 Å². The third-order valence-corrected chi connectivity index (χ3v) is 4.91. The quantitative estimate of drug-likeness (QED) is 0.895. The predicted octanol–water partition coefficient (Wildman–Crippen LogP) is 0.822. The maximum absolute atomic E-state index is 12.3. The summed E-state index contributed by atoms with van der Waals surface area (Å²) >= 11 is 0. The van der Waals surface area contributed by atoms with Gasteiger partial charge in [-0.15, -0.1) is 0 Å². The van der Waals surface area contributed by atoms with Crippen LogP contribution in [0.5, 0.6) is 0 Å². The predicted molar refractivity (Wildman–Crippen MR) is 86.6 cm³/mol. The first kappa shape index (κ1) is 15.4. The highest BCUT2D eigenvalue weighted by atomic mass is 16.2. The lowest BCUT2D eigenvalue weighted by Crippen LogP contribution is -2.52. The van der Waals surface area contributed by atoms with Crippen molar-refractivity contribution in [2.24, 2.45) is 0 Å². The molecule has 1 aromatic rings. The number of fused-ring (bicyclic) bond motifs is 1. The van der Waals surface area contributed by atoms with Gasteiger partial charge < -0.3 is 10.2 Å². The van der Waals surface area contributed by atoms with Crippen LogP contribution in [-0.4, -0.2) is 60.0 Å². The standard InChI is InChI=1S/C17H26N4O/c1-13(21-8-6-20(2)7-9-21)17(22)19-12-14-10-15-4-3-5-16(15)18-11-14/h10-11,13H,3-9,12H2,1-2H3,(H,19,22)/t13-/m1/s1. The lowest BCUT2D eigenvalue weighted by molar-refractivity contribution is -0.126. The van der Waals surface area contributed by atoms with Crippen molar-refractivity contribution in [1.82, 2.24) is 20.1 Å². The number of pyridine rings is 1. The minimum absolute atomic E-state index is 0.0592. The largest absolute Gasteiger partial charge is 0.351 e. The van der Waals surface area contributed by atoms with E-state index in [1.165, 1.54) is 17.7 Å². The molecular weight excluding hydrogens is 276 g/mol. The average Bonchev–Trinajstić information content (AvgIpc) is 3.00. The lowest BCUT2D eigenvalue weighted by Gasteiger charge is -2.35. The van der Waals surface area contributed by atoms with Crippen LogP contribution in [0.1, 0.15) is 30.2 Å². The first-order valence-corrected chi connectivity index (χ1v) is 8.30. The van der Waals surface area contributed by atoms with Crippen molar-refractivity contribution in [3.05, 3.63) is 29.1 Å². The Labute approximate surface area is 132 Å². The molecule has 0 saturated carbocycles. The first-order chi connectivity index (χ1) is 10.6. The summed E-state index contributed by atoms with van der Waals surface area (Å²) in [6.07, 6.45) is 5.34. The molecule has 1 atom stereocenters. The maximum Gasteiger partial charge on any atom is 0.237 e. The molecule has 0 unspecified atom stereocenters. The molecule has 5 nitrogen and oxygen atoms in total. The molecule has 1 fully saturated rings. The summed E-state index contributed by atoms with van der Waals surface area (Å²) in [6.45, 7) is 6.58. The van der Waals surface area contributed by atoms with E-state index in [2.05, 4.69) is 33.2 Å². The Morgan fingerprint density at radius 3 is 2.86 bits per heavy atom. The molecule has 3 rings (SSSR count). The van der Waals surface area contributed by atoms with E-state index < -0.39 is 0 Å². The lowest BCUT2D eigenvalue weighted by atomic mass is 10.1. The molecule has 0 aromatic carbocycles. The first-order valence-electron chi connectivity index (χ1n) is 8.30. The zero-order valence-corrected chi connectivity index (χ0v) is 13.6. The van der Waals surface area contributed by atoms with Gasteiger partial charge in [-0.3, -0.25) is 14.7 Å². The van der Waals surface area contributed by atoms with Crippen LogP contribution < -0.4 is 5.32 Å². The fourth-order valence-electron chi connectivity index (χ4n) is 3.28. The van der Waals surface area contributed by atoms with Crippen molar-refractivity contribution in [3.8, 4) is 0 Å². The third-order valence-electron chi connectivity index (χ3n) is 4.91. The van der Waals surface area contributed by atoms with Crippen LogP contribution >= 0.6 is 0 Å². The van der Waals surface area contributed by atoms with Crippen LogP contribution in [0.15, 0.2) is 12.3 Å². The second kappa shape index (κ2) is 6.75. The molecule has 22 heavy (non-hydrogen) atoms. The Hall–Kier alpha value is -1.46. The van der Waals surface area contributed by atoms with Gasteiger partial charge in [0.1, 0.15) is 0 Å². The molecule has 120 valence electrons. The van der Waals surface area contributed by atoms with E-state index in [4.69, 9.17) is 0 Å². The topological polar surface area (TPSA) is 48.5 Å². The van der Waals surface area contributed by atoms with E-state index in [0.717, 1.165) is 44.6 Å². The fourth-order valence-corrected chi connectivity index (χ4v) is 3.28. The molecule has 1 amide bonds. The Bertz CT molecular complexity index is 537. The van der Waals surface area contributed by atoms with Crippen molar-refractivity contribution in [3.63, 3.8) is 0 Å². The molecule has 1 aliphatic carbocycles. The van der Waals surface area contributed by atoms with Gasteiger partial charge in [-0.2, -0.15) is 0 Å². The smallest absolute Gasteiger partial charge is 0.237 e. The van der Waals surface area contributed by atoms with E-state index in [9.17, 15) is 4.79 Å². The van der Waals surface area contributed by atoms with E-state index in [1.54, 1.807) is 0 Å². The number of aryl methyl sites for hydroxylation is 2. The van der Waals surface area contributed by atoms with Crippen LogP contribution in [0.4, 0.5) is 0 Å². The number of nitrogens with zero attached hydrogens (tertiary/aromatic N) is 3. The van der Waals surface area contributed by atoms with Crippen molar-refractivity contribution in [1.29, 1.82) is 0 Å². The van der Waals surface area contributed by atoms with Gasteiger partial charge in [-0.05, 0) is 44.4 Å². The third kappa shape index (κ3) is 3.47. The normalized spacial score (nSPS) is 20.6. The summed E-state index contributed by atoms with van der Waals surface area (Å²) in [5.41, 5.74) is 3.71. The molecule has 0 bridgehead atoms. The summed E-state index contributed by atoms with van der Waals surface area (Å²) in [5.74, 6) is 0.116. The summed E-state index contributed by atoms with van der Waals surface area (Å²) in [6, 6.07) is 2.15. The van der Waals surface area contributed by atoms with E-state index >= 15 is 0 Å². The zero-order chi connectivity index (χ0) is 15.5. The maximum atomic E-state index is 12.3. The van der Waals surface area contributed by atoms with Crippen molar-refractivity contribution >= 4 is 5.91 Å². The Morgan fingerprint density at radius 1 is 1.32 bits per heavy atom. The SMILES string of the molecule is C[C@H](C(=O)NCc1cnc2c(c1)CCC2)N1CCN(C)CC1. The molecular formula is C17H26N4O. The molecule has 1 N–H and O–H groups in total. The van der Waals surface area contributed by atoms with E-state index in [-0.39, 0.29) is 11.9 Å². The monoisotopic (exact) mass is 302 g/mol. The zero-order valence-electron chi connectivity index (χ0n) is 13.6. The van der Waals surface area contributed by atoms with Crippen LogP contribution in [0.3, 0.4) is 0 Å². The number of piperazine rings is 1.